The van der Waals surface area contributed by atoms with Crippen LogP contribution < -0.4 is 9.80 Å². The van der Waals surface area contributed by atoms with Crippen molar-refractivity contribution in [2.75, 3.05) is 42.2 Å². The molecule has 0 radical (unpaired) electrons. The molecule has 1 fully saturated rings. The maximum Gasteiger partial charge on any atom is 0.175 e. The first-order valence-electron chi connectivity index (χ1n) is 10.1. The lowest BCUT2D eigenvalue weighted by Crippen LogP contribution is -2.47. The molecule has 0 aliphatic carbocycles. The molecule has 2 aromatic heterocycles. The molecule has 8 nitrogen and oxygen atoms in total. The van der Waals surface area contributed by atoms with Crippen molar-refractivity contribution >= 4 is 32.2 Å². The minimum absolute atomic E-state index is 0.0106. The minimum Gasteiger partial charge on any atom is -0.368 e. The van der Waals surface area contributed by atoms with E-state index < -0.39 is 15.7 Å². The molecule has 0 amide bonds. The number of benzene rings is 2. The van der Waals surface area contributed by atoms with Crippen molar-refractivity contribution in [3.8, 4) is 11.1 Å². The molecule has 10 heteroatoms. The van der Waals surface area contributed by atoms with E-state index in [-0.39, 0.29) is 4.90 Å². The standard InChI is InChI=1S/C22H21FN6O2S/c1-32(30,31)19-10-17(23)9-18(11-19)28-4-6-29(7-5-28)22-20-8-15(16-12-26-27-13-16)2-3-21(20)24-14-25-22/h2-3,8-14H,4-7H2,1H3,(H,26,27). The highest BCUT2D eigenvalue weighted by Crippen LogP contribution is 2.30. The molecule has 0 unspecified atom stereocenters. The number of aromatic amines is 1. The van der Waals surface area contributed by atoms with E-state index in [0.717, 1.165) is 40.2 Å². The van der Waals surface area contributed by atoms with Gasteiger partial charge in [0.25, 0.3) is 0 Å². The van der Waals surface area contributed by atoms with Gasteiger partial charge in [0.05, 0.1) is 16.6 Å². The van der Waals surface area contributed by atoms with Crippen molar-refractivity contribution in [1.82, 2.24) is 20.2 Å². The number of sulfone groups is 1. The number of nitrogens with one attached hydrogen (secondary N) is 1. The summed E-state index contributed by atoms with van der Waals surface area (Å²) in [6, 6.07) is 10.0. The van der Waals surface area contributed by atoms with Crippen LogP contribution in [0.25, 0.3) is 22.0 Å². The summed E-state index contributed by atoms with van der Waals surface area (Å²) in [6.07, 6.45) is 6.26. The molecule has 1 aliphatic rings. The predicted molar refractivity (Wildman–Crippen MR) is 121 cm³/mol. The van der Waals surface area contributed by atoms with Gasteiger partial charge in [0.1, 0.15) is 18.0 Å². The summed E-state index contributed by atoms with van der Waals surface area (Å²) in [7, 11) is -3.49. The monoisotopic (exact) mass is 452 g/mol. The fraction of sp³-hybridized carbons (Fsp3) is 0.227. The zero-order valence-electron chi connectivity index (χ0n) is 17.4. The SMILES string of the molecule is CS(=O)(=O)c1cc(F)cc(N2CCN(c3ncnc4ccc(-c5cn[nH]c5)cc34)CC2)c1. The molecular weight excluding hydrogens is 431 g/mol. The summed E-state index contributed by atoms with van der Waals surface area (Å²) < 4.78 is 37.8. The number of halogens is 1. The summed E-state index contributed by atoms with van der Waals surface area (Å²) in [5, 5.41) is 7.80. The average molecular weight is 453 g/mol. The first-order chi connectivity index (χ1) is 15.4. The highest BCUT2D eigenvalue weighted by atomic mass is 32.2. The first kappa shape index (κ1) is 20.4. The van der Waals surface area contributed by atoms with Crippen molar-refractivity contribution < 1.29 is 12.8 Å². The highest BCUT2D eigenvalue weighted by molar-refractivity contribution is 7.90. The molecule has 4 aromatic rings. The molecule has 0 saturated carbocycles. The Hall–Kier alpha value is -3.53. The molecule has 1 saturated heterocycles. The minimum atomic E-state index is -3.49. The number of fused-ring (bicyclic) bond motifs is 1. The summed E-state index contributed by atoms with van der Waals surface area (Å²) in [6.45, 7) is 2.54. The zero-order chi connectivity index (χ0) is 22.3. The molecule has 0 atom stereocenters. The van der Waals surface area contributed by atoms with Gasteiger partial charge in [0.2, 0.25) is 0 Å². The van der Waals surface area contributed by atoms with Crippen LogP contribution in [-0.2, 0) is 9.84 Å². The Morgan fingerprint density at radius 3 is 2.47 bits per heavy atom. The number of hydrogen-bond acceptors (Lipinski definition) is 7. The quantitative estimate of drug-likeness (QED) is 0.509. The number of piperazine rings is 1. The molecule has 0 bridgehead atoms. The smallest absolute Gasteiger partial charge is 0.175 e. The van der Waals surface area contributed by atoms with Crippen LogP contribution in [0, 0.1) is 5.82 Å². The van der Waals surface area contributed by atoms with Crippen LogP contribution in [0.1, 0.15) is 0 Å². The van der Waals surface area contributed by atoms with Gasteiger partial charge in [-0.1, -0.05) is 6.07 Å². The number of hydrogen-bond donors (Lipinski definition) is 1. The molecule has 164 valence electrons. The number of aromatic nitrogens is 4. The number of rotatable bonds is 4. The summed E-state index contributed by atoms with van der Waals surface area (Å²) in [4.78, 5) is 13.1. The molecule has 32 heavy (non-hydrogen) atoms. The first-order valence-corrected chi connectivity index (χ1v) is 12.0. The van der Waals surface area contributed by atoms with Crippen molar-refractivity contribution in [2.45, 2.75) is 4.90 Å². The van der Waals surface area contributed by atoms with E-state index in [2.05, 4.69) is 31.1 Å². The number of anilines is 2. The second-order valence-corrected chi connectivity index (χ2v) is 9.82. The van der Waals surface area contributed by atoms with Gasteiger partial charge in [-0.05, 0) is 35.9 Å². The summed E-state index contributed by atoms with van der Waals surface area (Å²) >= 11 is 0. The normalized spacial score (nSPS) is 14.8. The van der Waals surface area contributed by atoms with Crippen LogP contribution in [-0.4, -0.2) is 61.0 Å². The van der Waals surface area contributed by atoms with Gasteiger partial charge in [-0.25, -0.2) is 22.8 Å². The Kier molecular flexibility index (Phi) is 5.01. The van der Waals surface area contributed by atoms with Gasteiger partial charge in [-0.15, -0.1) is 0 Å². The van der Waals surface area contributed by atoms with Gasteiger partial charge in [0, 0.05) is 55.3 Å². The Labute approximate surface area is 184 Å². The third-order valence-corrected chi connectivity index (χ3v) is 6.77. The molecule has 3 heterocycles. The van der Waals surface area contributed by atoms with Crippen LogP contribution in [0.15, 0.2) is 60.0 Å². The van der Waals surface area contributed by atoms with Crippen LogP contribution in [0.5, 0.6) is 0 Å². The molecular formula is C22H21FN6O2S. The average Bonchev–Trinajstić information content (AvgIpc) is 3.32. The van der Waals surface area contributed by atoms with E-state index in [0.29, 0.717) is 31.9 Å². The van der Waals surface area contributed by atoms with E-state index in [1.807, 2.05) is 23.2 Å². The van der Waals surface area contributed by atoms with Crippen molar-refractivity contribution in [3.63, 3.8) is 0 Å². The Morgan fingerprint density at radius 2 is 1.75 bits per heavy atom. The topological polar surface area (TPSA) is 95.1 Å². The summed E-state index contributed by atoms with van der Waals surface area (Å²) in [5.41, 5.74) is 3.43. The van der Waals surface area contributed by atoms with E-state index in [1.165, 1.54) is 12.1 Å². The molecule has 1 aliphatic heterocycles. The van der Waals surface area contributed by atoms with Crippen LogP contribution in [0.4, 0.5) is 15.9 Å². The lowest BCUT2D eigenvalue weighted by atomic mass is 10.1. The third kappa shape index (κ3) is 3.89. The lowest BCUT2D eigenvalue weighted by Gasteiger charge is -2.37. The van der Waals surface area contributed by atoms with E-state index in [1.54, 1.807) is 12.5 Å². The second kappa shape index (κ2) is 7.86. The van der Waals surface area contributed by atoms with Gasteiger partial charge >= 0.3 is 0 Å². The molecule has 2 aromatic carbocycles. The number of H-pyrrole nitrogens is 1. The van der Waals surface area contributed by atoms with Gasteiger partial charge in [0.15, 0.2) is 9.84 Å². The van der Waals surface area contributed by atoms with E-state index in [4.69, 9.17) is 0 Å². The van der Waals surface area contributed by atoms with Gasteiger partial charge < -0.3 is 9.80 Å². The zero-order valence-corrected chi connectivity index (χ0v) is 18.2. The van der Waals surface area contributed by atoms with E-state index >= 15 is 0 Å². The number of nitrogens with zero attached hydrogens (tertiary/aromatic N) is 5. The molecule has 0 spiro atoms. The van der Waals surface area contributed by atoms with E-state index in [9.17, 15) is 12.8 Å². The van der Waals surface area contributed by atoms with Crippen molar-refractivity contribution in [2.24, 2.45) is 0 Å². The maximum atomic E-state index is 14.1. The van der Waals surface area contributed by atoms with Crippen molar-refractivity contribution in [3.05, 3.63) is 60.9 Å². The molecule has 1 N–H and O–H groups in total. The lowest BCUT2D eigenvalue weighted by molar-refractivity contribution is 0.594. The Bertz CT molecular complexity index is 1380. The fourth-order valence-corrected chi connectivity index (χ4v) is 4.67. The van der Waals surface area contributed by atoms with Crippen LogP contribution in [0.3, 0.4) is 0 Å². The predicted octanol–water partition coefficient (Wildman–Crippen LogP) is 2.89. The maximum absolute atomic E-state index is 14.1. The van der Waals surface area contributed by atoms with Crippen LogP contribution >= 0.6 is 0 Å². The Balaban J connectivity index is 1.41. The van der Waals surface area contributed by atoms with Gasteiger partial charge in [-0.2, -0.15) is 5.10 Å². The van der Waals surface area contributed by atoms with Gasteiger partial charge in [-0.3, -0.25) is 5.10 Å². The Morgan fingerprint density at radius 1 is 0.969 bits per heavy atom. The summed E-state index contributed by atoms with van der Waals surface area (Å²) in [5.74, 6) is 0.287. The fourth-order valence-electron chi connectivity index (χ4n) is 4.00. The highest BCUT2D eigenvalue weighted by Gasteiger charge is 2.22. The van der Waals surface area contributed by atoms with Crippen molar-refractivity contribution in [1.29, 1.82) is 0 Å². The largest absolute Gasteiger partial charge is 0.368 e. The molecule has 5 rings (SSSR count). The second-order valence-electron chi connectivity index (χ2n) is 7.81. The van der Waals surface area contributed by atoms with Crippen LogP contribution in [0.2, 0.25) is 0 Å². The third-order valence-electron chi connectivity index (χ3n) is 5.67.